The van der Waals surface area contributed by atoms with Crippen molar-refractivity contribution >= 4 is 27.7 Å². The van der Waals surface area contributed by atoms with Gasteiger partial charge in [-0.2, -0.15) is 0 Å². The largest absolute Gasteiger partial charge is 0.342 e. The number of benzene rings is 2. The van der Waals surface area contributed by atoms with Gasteiger partial charge in [0.2, 0.25) is 11.8 Å². The van der Waals surface area contributed by atoms with Crippen molar-refractivity contribution in [1.29, 1.82) is 0 Å². The van der Waals surface area contributed by atoms with Crippen molar-refractivity contribution in [3.8, 4) is 0 Å². The number of hydrogen-bond donors (Lipinski definition) is 0. The maximum atomic E-state index is 13.6. The maximum absolute atomic E-state index is 13.6. The van der Waals surface area contributed by atoms with Gasteiger partial charge < -0.3 is 14.7 Å². The normalized spacial score (nSPS) is 25.7. The van der Waals surface area contributed by atoms with Crippen molar-refractivity contribution in [3.63, 3.8) is 0 Å². The molecule has 1 spiro atoms. The molecule has 4 aliphatic rings. The van der Waals surface area contributed by atoms with E-state index in [4.69, 9.17) is 0 Å². The standard InChI is InChI=1S/C33H42BrN3O2/c34-29-12-10-26(11-13-29)21-36-19-16-33(32(36)39)14-17-35(18-15-33)22-28-23-37(31(38)20-25-6-4-5-7-25)24-30(28)27-8-2-1-3-9-27/h1-3,8-13,25,28,30H,4-7,14-24H2. The summed E-state index contributed by atoms with van der Waals surface area (Å²) in [7, 11) is 0. The smallest absolute Gasteiger partial charge is 0.229 e. The van der Waals surface area contributed by atoms with Crippen LogP contribution in [0.1, 0.15) is 68.4 Å². The number of nitrogens with zero attached hydrogens (tertiary/aromatic N) is 3. The zero-order valence-corrected chi connectivity index (χ0v) is 24.7. The van der Waals surface area contributed by atoms with Crippen molar-refractivity contribution in [2.45, 2.75) is 63.8 Å². The Morgan fingerprint density at radius 3 is 2.31 bits per heavy atom. The van der Waals surface area contributed by atoms with Crippen molar-refractivity contribution in [3.05, 3.63) is 70.2 Å². The van der Waals surface area contributed by atoms with E-state index in [-0.39, 0.29) is 5.41 Å². The predicted molar refractivity (Wildman–Crippen MR) is 158 cm³/mol. The fourth-order valence-electron chi connectivity index (χ4n) is 7.74. The summed E-state index contributed by atoms with van der Waals surface area (Å²) in [5.74, 6) is 2.16. The van der Waals surface area contributed by atoms with Gasteiger partial charge in [0, 0.05) is 49.5 Å². The van der Waals surface area contributed by atoms with Crippen LogP contribution < -0.4 is 0 Å². The third-order valence-corrected chi connectivity index (χ3v) is 10.7. The molecule has 0 aromatic heterocycles. The Bertz CT molecular complexity index is 1140. The molecule has 39 heavy (non-hydrogen) atoms. The molecule has 3 saturated heterocycles. The number of likely N-dealkylation sites (tertiary alicyclic amines) is 3. The molecule has 208 valence electrons. The van der Waals surface area contributed by atoms with Crippen molar-refractivity contribution in [1.82, 2.24) is 14.7 Å². The van der Waals surface area contributed by atoms with Gasteiger partial charge in [-0.1, -0.05) is 71.2 Å². The van der Waals surface area contributed by atoms with Crippen molar-refractivity contribution in [2.75, 3.05) is 39.3 Å². The van der Waals surface area contributed by atoms with Crippen LogP contribution in [-0.4, -0.2) is 65.8 Å². The quantitative estimate of drug-likeness (QED) is 0.391. The van der Waals surface area contributed by atoms with E-state index in [0.29, 0.717) is 36.1 Å². The summed E-state index contributed by atoms with van der Waals surface area (Å²) >= 11 is 3.50. The Balaban J connectivity index is 1.07. The second kappa shape index (κ2) is 11.7. The second-order valence-corrected chi connectivity index (χ2v) is 13.5. The van der Waals surface area contributed by atoms with Gasteiger partial charge >= 0.3 is 0 Å². The Labute approximate surface area is 242 Å². The molecule has 2 unspecified atom stereocenters. The van der Waals surface area contributed by atoms with Crippen LogP contribution in [0.3, 0.4) is 0 Å². The molecule has 2 aromatic rings. The average molecular weight is 593 g/mol. The summed E-state index contributed by atoms with van der Waals surface area (Å²) in [4.78, 5) is 33.7. The molecule has 0 bridgehead atoms. The highest BCUT2D eigenvalue weighted by molar-refractivity contribution is 9.10. The molecule has 0 N–H and O–H groups in total. The second-order valence-electron chi connectivity index (χ2n) is 12.6. The minimum atomic E-state index is -0.177. The lowest BCUT2D eigenvalue weighted by atomic mass is 9.76. The molecule has 4 fully saturated rings. The van der Waals surface area contributed by atoms with E-state index >= 15 is 0 Å². The fourth-order valence-corrected chi connectivity index (χ4v) is 8.01. The van der Waals surface area contributed by atoms with Gasteiger partial charge in [-0.3, -0.25) is 9.59 Å². The minimum absolute atomic E-state index is 0.177. The number of hydrogen-bond acceptors (Lipinski definition) is 3. The van der Waals surface area contributed by atoms with E-state index in [9.17, 15) is 9.59 Å². The molecule has 3 aliphatic heterocycles. The molecular formula is C33H42BrN3O2. The van der Waals surface area contributed by atoms with Crippen LogP contribution in [0.2, 0.25) is 0 Å². The van der Waals surface area contributed by atoms with Gasteiger partial charge in [-0.25, -0.2) is 0 Å². The molecule has 1 saturated carbocycles. The van der Waals surface area contributed by atoms with Crippen LogP contribution in [0.25, 0.3) is 0 Å². The summed E-state index contributed by atoms with van der Waals surface area (Å²) in [5, 5.41) is 0. The lowest BCUT2D eigenvalue weighted by Crippen LogP contribution is -2.46. The van der Waals surface area contributed by atoms with Gasteiger partial charge in [0.05, 0.1) is 5.41 Å². The molecule has 0 radical (unpaired) electrons. The fraction of sp³-hybridized carbons (Fsp3) is 0.576. The lowest BCUT2D eigenvalue weighted by Gasteiger charge is -2.39. The molecule has 2 aromatic carbocycles. The van der Waals surface area contributed by atoms with Crippen LogP contribution in [0.15, 0.2) is 59.1 Å². The van der Waals surface area contributed by atoms with Gasteiger partial charge in [0.15, 0.2) is 0 Å². The average Bonchev–Trinajstić information content (AvgIpc) is 3.69. The van der Waals surface area contributed by atoms with Crippen molar-refractivity contribution in [2.24, 2.45) is 17.3 Å². The third-order valence-electron chi connectivity index (χ3n) is 10.2. The Hall–Kier alpha value is -2.18. The Morgan fingerprint density at radius 1 is 0.897 bits per heavy atom. The van der Waals surface area contributed by atoms with Gasteiger partial charge in [-0.05, 0) is 80.3 Å². The number of carbonyl (C=O) groups is 2. The van der Waals surface area contributed by atoms with E-state index in [1.807, 2.05) is 0 Å². The summed E-state index contributed by atoms with van der Waals surface area (Å²) in [6.45, 7) is 6.26. The van der Waals surface area contributed by atoms with Crippen LogP contribution in [0.4, 0.5) is 0 Å². The van der Waals surface area contributed by atoms with E-state index in [1.54, 1.807) is 0 Å². The lowest BCUT2D eigenvalue weighted by molar-refractivity contribution is -0.139. The minimum Gasteiger partial charge on any atom is -0.342 e. The number of carbonyl (C=O) groups excluding carboxylic acids is 2. The third kappa shape index (κ3) is 5.97. The first kappa shape index (κ1) is 27.0. The zero-order valence-electron chi connectivity index (χ0n) is 23.1. The van der Waals surface area contributed by atoms with E-state index in [2.05, 4.69) is 85.2 Å². The molecule has 3 heterocycles. The SMILES string of the molecule is O=C(CC1CCCC1)N1CC(CN2CCC3(CC2)CCN(Cc2ccc(Br)cc2)C3=O)C(c2ccccc2)C1. The molecule has 6 heteroatoms. The van der Waals surface area contributed by atoms with Gasteiger partial charge in [0.1, 0.15) is 0 Å². The summed E-state index contributed by atoms with van der Waals surface area (Å²) in [5.41, 5.74) is 2.38. The first-order chi connectivity index (χ1) is 19.0. The molecule has 1 aliphatic carbocycles. The number of rotatable bonds is 7. The summed E-state index contributed by atoms with van der Waals surface area (Å²) in [6.07, 6.45) is 8.64. The van der Waals surface area contributed by atoms with Crippen LogP contribution in [0.5, 0.6) is 0 Å². The monoisotopic (exact) mass is 591 g/mol. The first-order valence-corrected chi connectivity index (χ1v) is 15.9. The van der Waals surface area contributed by atoms with E-state index in [0.717, 1.165) is 69.4 Å². The number of halogens is 1. The Kier molecular flexibility index (Phi) is 8.13. The van der Waals surface area contributed by atoms with Crippen LogP contribution in [-0.2, 0) is 16.1 Å². The maximum Gasteiger partial charge on any atom is 0.229 e. The first-order valence-electron chi connectivity index (χ1n) is 15.1. The van der Waals surface area contributed by atoms with E-state index in [1.165, 1.54) is 36.8 Å². The van der Waals surface area contributed by atoms with Crippen molar-refractivity contribution < 1.29 is 9.59 Å². The highest BCUT2D eigenvalue weighted by Crippen LogP contribution is 2.43. The number of piperidine rings is 1. The molecule has 6 rings (SSSR count). The molecule has 2 atom stereocenters. The molecule has 5 nitrogen and oxygen atoms in total. The van der Waals surface area contributed by atoms with Crippen LogP contribution in [0, 0.1) is 17.3 Å². The van der Waals surface area contributed by atoms with Gasteiger partial charge in [-0.15, -0.1) is 0 Å². The van der Waals surface area contributed by atoms with Gasteiger partial charge in [0.25, 0.3) is 0 Å². The van der Waals surface area contributed by atoms with E-state index < -0.39 is 0 Å². The summed E-state index contributed by atoms with van der Waals surface area (Å²) in [6, 6.07) is 19.2. The zero-order chi connectivity index (χ0) is 26.8. The highest BCUT2D eigenvalue weighted by Gasteiger charge is 2.48. The number of amides is 2. The summed E-state index contributed by atoms with van der Waals surface area (Å²) < 4.78 is 1.07. The topological polar surface area (TPSA) is 43.9 Å². The Morgan fingerprint density at radius 2 is 1.59 bits per heavy atom. The highest BCUT2D eigenvalue weighted by atomic mass is 79.9. The molecule has 2 amide bonds. The van der Waals surface area contributed by atoms with Crippen LogP contribution >= 0.6 is 15.9 Å². The molecular weight excluding hydrogens is 550 g/mol. The predicted octanol–water partition coefficient (Wildman–Crippen LogP) is 6.09.